The van der Waals surface area contributed by atoms with Crippen LogP contribution in [0.2, 0.25) is 0 Å². The number of carbonyl (C=O) groups excluding carboxylic acids is 1. The molecular formula is C7H11N2O3+. The summed E-state index contributed by atoms with van der Waals surface area (Å²) in [6.07, 6.45) is 1.43. The lowest BCUT2D eigenvalue weighted by molar-refractivity contribution is -0.455. The van der Waals surface area contributed by atoms with Crippen LogP contribution in [-0.4, -0.2) is 33.1 Å². The first-order valence-electron chi connectivity index (χ1n) is 3.56. The Hall–Kier alpha value is -1.52. The van der Waals surface area contributed by atoms with Crippen molar-refractivity contribution in [2.24, 2.45) is 0 Å². The van der Waals surface area contributed by atoms with Gasteiger partial charge in [-0.25, -0.2) is 4.79 Å². The SMILES string of the molecule is CC(=O)N1C(O)=[NH+]C(O)=CC1C. The van der Waals surface area contributed by atoms with E-state index >= 15 is 0 Å². The molecule has 0 spiro atoms. The molecule has 12 heavy (non-hydrogen) atoms. The number of hydrogen-bond acceptors (Lipinski definition) is 2. The molecule has 0 fully saturated rings. The molecule has 0 saturated carbocycles. The van der Waals surface area contributed by atoms with Gasteiger partial charge in [-0.2, -0.15) is 9.89 Å². The third-order valence-electron chi connectivity index (χ3n) is 1.61. The zero-order valence-electron chi connectivity index (χ0n) is 6.90. The summed E-state index contributed by atoms with van der Waals surface area (Å²) < 4.78 is 0. The first-order chi connectivity index (χ1) is 5.52. The second-order valence-electron chi connectivity index (χ2n) is 2.63. The molecule has 0 radical (unpaired) electrons. The van der Waals surface area contributed by atoms with Gasteiger partial charge in [-0.3, -0.25) is 0 Å². The van der Waals surface area contributed by atoms with E-state index in [4.69, 9.17) is 5.11 Å². The molecule has 1 aliphatic heterocycles. The molecule has 0 aromatic carbocycles. The predicted octanol–water partition coefficient (Wildman–Crippen LogP) is -1.37. The van der Waals surface area contributed by atoms with E-state index in [1.165, 1.54) is 13.0 Å². The highest BCUT2D eigenvalue weighted by atomic mass is 16.3. The van der Waals surface area contributed by atoms with Crippen LogP contribution in [-0.2, 0) is 4.79 Å². The maximum Gasteiger partial charge on any atom is 0.457 e. The highest BCUT2D eigenvalue weighted by Gasteiger charge is 2.33. The zero-order valence-corrected chi connectivity index (χ0v) is 6.90. The van der Waals surface area contributed by atoms with Gasteiger partial charge in [0.25, 0.3) is 5.88 Å². The van der Waals surface area contributed by atoms with Crippen molar-refractivity contribution in [2.45, 2.75) is 19.9 Å². The number of carbonyl (C=O) groups is 1. The summed E-state index contributed by atoms with van der Waals surface area (Å²) in [6.45, 7) is 3.03. The molecule has 1 amide bonds. The Kier molecular flexibility index (Phi) is 2.03. The van der Waals surface area contributed by atoms with Crippen LogP contribution in [0.15, 0.2) is 12.0 Å². The second kappa shape index (κ2) is 2.84. The molecular weight excluding hydrogens is 160 g/mol. The van der Waals surface area contributed by atoms with Crippen LogP contribution in [0.4, 0.5) is 0 Å². The van der Waals surface area contributed by atoms with Crippen molar-refractivity contribution in [3.8, 4) is 0 Å². The van der Waals surface area contributed by atoms with Crippen LogP contribution >= 0.6 is 0 Å². The minimum absolute atomic E-state index is 0.141. The van der Waals surface area contributed by atoms with E-state index in [0.29, 0.717) is 0 Å². The number of nitrogens with zero attached hydrogens (tertiary/aromatic N) is 1. The maximum atomic E-state index is 10.9. The number of amides is 1. The fourth-order valence-electron chi connectivity index (χ4n) is 1.15. The van der Waals surface area contributed by atoms with Crippen molar-refractivity contribution in [3.05, 3.63) is 12.0 Å². The molecule has 1 heterocycles. The first-order valence-corrected chi connectivity index (χ1v) is 3.56. The van der Waals surface area contributed by atoms with Crippen molar-refractivity contribution in [1.29, 1.82) is 0 Å². The van der Waals surface area contributed by atoms with Crippen molar-refractivity contribution in [1.82, 2.24) is 4.90 Å². The average Bonchev–Trinajstić information content (AvgIpc) is 1.82. The minimum atomic E-state index is -0.338. The molecule has 66 valence electrons. The fraction of sp³-hybridized carbons (Fsp3) is 0.429. The van der Waals surface area contributed by atoms with Crippen LogP contribution in [0.25, 0.3) is 0 Å². The molecule has 1 aliphatic rings. The average molecular weight is 171 g/mol. The highest BCUT2D eigenvalue weighted by Crippen LogP contribution is 2.02. The lowest BCUT2D eigenvalue weighted by atomic mass is 10.2. The number of aliphatic hydroxyl groups excluding tert-OH is 2. The van der Waals surface area contributed by atoms with Crippen LogP contribution in [0.3, 0.4) is 0 Å². The fourth-order valence-corrected chi connectivity index (χ4v) is 1.15. The molecule has 0 saturated heterocycles. The van der Waals surface area contributed by atoms with E-state index in [2.05, 4.69) is 4.99 Å². The Bertz CT molecular complexity index is 270. The van der Waals surface area contributed by atoms with Crippen LogP contribution in [0, 0.1) is 0 Å². The van der Waals surface area contributed by atoms with Gasteiger partial charge >= 0.3 is 11.9 Å². The normalized spacial score (nSPS) is 23.2. The summed E-state index contributed by atoms with van der Waals surface area (Å²) in [4.78, 5) is 14.3. The monoisotopic (exact) mass is 171 g/mol. The van der Waals surface area contributed by atoms with E-state index in [-0.39, 0.29) is 23.9 Å². The van der Waals surface area contributed by atoms with Gasteiger partial charge in [0.1, 0.15) is 6.04 Å². The Morgan fingerprint density at radius 3 is 2.67 bits per heavy atom. The smallest absolute Gasteiger partial charge is 0.457 e. The Balaban J connectivity index is 2.94. The van der Waals surface area contributed by atoms with Crippen LogP contribution in [0.1, 0.15) is 13.8 Å². The van der Waals surface area contributed by atoms with Gasteiger partial charge in [-0.05, 0) is 6.92 Å². The van der Waals surface area contributed by atoms with E-state index in [1.807, 2.05) is 0 Å². The number of aliphatic hydroxyl groups is 2. The molecule has 1 rings (SSSR count). The van der Waals surface area contributed by atoms with Gasteiger partial charge in [-0.15, -0.1) is 0 Å². The van der Waals surface area contributed by atoms with Gasteiger partial charge in [0.2, 0.25) is 0 Å². The summed E-state index contributed by atoms with van der Waals surface area (Å²) in [5.41, 5.74) is 0. The summed E-state index contributed by atoms with van der Waals surface area (Å²) in [6, 6.07) is -0.668. The Morgan fingerprint density at radius 2 is 2.25 bits per heavy atom. The topological polar surface area (TPSA) is 74.7 Å². The summed E-state index contributed by atoms with van der Waals surface area (Å²) >= 11 is 0. The number of amidine groups is 1. The number of hydrogen-bond donors (Lipinski definition) is 3. The largest absolute Gasteiger partial charge is 0.478 e. The molecule has 0 aliphatic carbocycles. The van der Waals surface area contributed by atoms with E-state index in [9.17, 15) is 9.90 Å². The first kappa shape index (κ1) is 8.58. The molecule has 0 aromatic heterocycles. The lowest BCUT2D eigenvalue weighted by Gasteiger charge is -2.17. The van der Waals surface area contributed by atoms with E-state index < -0.39 is 0 Å². The highest BCUT2D eigenvalue weighted by molar-refractivity contribution is 5.90. The van der Waals surface area contributed by atoms with E-state index in [0.717, 1.165) is 4.90 Å². The quantitative estimate of drug-likeness (QED) is 0.421. The van der Waals surface area contributed by atoms with Crippen LogP contribution in [0.5, 0.6) is 0 Å². The molecule has 1 unspecified atom stereocenters. The van der Waals surface area contributed by atoms with Gasteiger partial charge in [0.15, 0.2) is 0 Å². The Labute approximate surface area is 69.6 Å². The molecule has 3 N–H and O–H groups in total. The predicted molar refractivity (Wildman–Crippen MR) is 41.3 cm³/mol. The molecule has 0 bridgehead atoms. The van der Waals surface area contributed by atoms with Crippen molar-refractivity contribution in [3.63, 3.8) is 0 Å². The van der Waals surface area contributed by atoms with Gasteiger partial charge < -0.3 is 10.2 Å². The summed E-state index contributed by atoms with van der Waals surface area (Å²) in [7, 11) is 0. The standard InChI is InChI=1S/C7H10N2O3/c1-4-3-6(11)8-7(12)9(4)5(2)10/h3-4,11H,1-2H3,(H,8,12)/p+1. The Morgan fingerprint density at radius 1 is 1.67 bits per heavy atom. The molecule has 1 atom stereocenters. The van der Waals surface area contributed by atoms with Gasteiger partial charge in [0.05, 0.1) is 0 Å². The van der Waals surface area contributed by atoms with E-state index in [1.54, 1.807) is 6.92 Å². The van der Waals surface area contributed by atoms with Gasteiger partial charge in [-0.1, -0.05) is 0 Å². The second-order valence-corrected chi connectivity index (χ2v) is 2.63. The third kappa shape index (κ3) is 1.39. The minimum Gasteiger partial charge on any atom is -0.478 e. The van der Waals surface area contributed by atoms with Crippen molar-refractivity contribution < 1.29 is 20.0 Å². The molecule has 5 heteroatoms. The zero-order chi connectivity index (χ0) is 9.30. The maximum absolute atomic E-state index is 10.9. The third-order valence-corrected chi connectivity index (χ3v) is 1.61. The summed E-state index contributed by atoms with van der Waals surface area (Å²) in [5, 5.41) is 18.2. The molecule has 0 aromatic rings. The van der Waals surface area contributed by atoms with Gasteiger partial charge in [0, 0.05) is 13.0 Å². The summed E-state index contributed by atoms with van der Waals surface area (Å²) in [5.74, 6) is -0.422. The van der Waals surface area contributed by atoms with Crippen molar-refractivity contribution in [2.75, 3.05) is 0 Å². The number of nitrogens with one attached hydrogen (secondary N) is 1. The molecule has 5 nitrogen and oxygen atoms in total. The number of rotatable bonds is 0. The van der Waals surface area contributed by atoms with Crippen LogP contribution < -0.4 is 4.99 Å². The lowest BCUT2D eigenvalue weighted by Crippen LogP contribution is -2.78. The van der Waals surface area contributed by atoms with Crippen molar-refractivity contribution >= 4 is 11.9 Å².